The van der Waals surface area contributed by atoms with Gasteiger partial charge in [-0.05, 0) is 55.0 Å². The van der Waals surface area contributed by atoms with Crippen LogP contribution in [0.25, 0.3) is 11.1 Å². The topological polar surface area (TPSA) is 18.5 Å². The summed E-state index contributed by atoms with van der Waals surface area (Å²) >= 11 is 0. The monoisotopic (exact) mass is 330 g/mol. The lowest BCUT2D eigenvalue weighted by molar-refractivity contribution is 0.184. The van der Waals surface area contributed by atoms with Crippen molar-refractivity contribution in [3.8, 4) is 16.9 Å². The van der Waals surface area contributed by atoms with Crippen LogP contribution in [-0.2, 0) is 11.2 Å². The normalized spacial score (nSPS) is 10.8. The van der Waals surface area contributed by atoms with Gasteiger partial charge in [0.25, 0.3) is 0 Å². The molecule has 0 N–H and O–H groups in total. The van der Waals surface area contributed by atoms with E-state index in [1.807, 2.05) is 36.4 Å². The summed E-state index contributed by atoms with van der Waals surface area (Å²) in [5.74, 6) is 0.660. The quantitative estimate of drug-likeness (QED) is 0.525. The van der Waals surface area contributed by atoms with Crippen molar-refractivity contribution in [3.05, 3.63) is 53.8 Å². The molecule has 0 atom stereocenters. The zero-order valence-corrected chi connectivity index (χ0v) is 14.7. The number of methoxy groups -OCH3 is 1. The Morgan fingerprint density at radius 2 is 1.67 bits per heavy atom. The molecule has 130 valence electrons. The van der Waals surface area contributed by atoms with Crippen molar-refractivity contribution < 1.29 is 13.9 Å². The third-order valence-electron chi connectivity index (χ3n) is 4.03. The molecule has 0 bridgehead atoms. The summed E-state index contributed by atoms with van der Waals surface area (Å²) < 4.78 is 25.0. The molecule has 0 saturated heterocycles. The first-order chi connectivity index (χ1) is 11.7. The third-order valence-corrected chi connectivity index (χ3v) is 4.03. The fraction of sp³-hybridized carbons (Fsp3) is 0.429. The van der Waals surface area contributed by atoms with Gasteiger partial charge in [0.05, 0.1) is 6.61 Å². The number of hydrogen-bond donors (Lipinski definition) is 0. The van der Waals surface area contributed by atoms with E-state index in [-0.39, 0.29) is 5.82 Å². The molecular weight excluding hydrogens is 303 g/mol. The van der Waals surface area contributed by atoms with Gasteiger partial charge in [0.2, 0.25) is 0 Å². The number of hydrogen-bond acceptors (Lipinski definition) is 2. The number of unbranched alkanes of at least 4 members (excludes halogenated alkanes) is 2. The smallest absolute Gasteiger partial charge is 0.131 e. The Bertz CT molecular complexity index is 608. The van der Waals surface area contributed by atoms with Crippen LogP contribution in [0.3, 0.4) is 0 Å². The Morgan fingerprint density at radius 1 is 0.917 bits per heavy atom. The van der Waals surface area contributed by atoms with Crippen LogP contribution < -0.4 is 4.74 Å². The molecule has 0 heterocycles. The lowest BCUT2D eigenvalue weighted by Gasteiger charge is -2.09. The van der Waals surface area contributed by atoms with E-state index >= 15 is 0 Å². The van der Waals surface area contributed by atoms with Crippen molar-refractivity contribution in [2.75, 3.05) is 20.3 Å². The number of ether oxygens (including phenoxy) is 2. The molecule has 24 heavy (non-hydrogen) atoms. The Labute approximate surface area is 144 Å². The fourth-order valence-electron chi connectivity index (χ4n) is 2.60. The molecule has 2 aromatic carbocycles. The highest BCUT2D eigenvalue weighted by Gasteiger charge is 2.06. The number of aryl methyl sites for hydroxylation is 1. The van der Waals surface area contributed by atoms with Gasteiger partial charge in [-0.25, -0.2) is 4.39 Å². The average Bonchev–Trinajstić information content (AvgIpc) is 2.60. The van der Waals surface area contributed by atoms with Crippen LogP contribution in [-0.4, -0.2) is 20.3 Å². The predicted octanol–water partition coefficient (Wildman–Crippen LogP) is 5.64. The summed E-state index contributed by atoms with van der Waals surface area (Å²) in [5, 5.41) is 0. The van der Waals surface area contributed by atoms with Crippen LogP contribution in [0.4, 0.5) is 4.39 Å². The van der Waals surface area contributed by atoms with Crippen molar-refractivity contribution in [2.24, 2.45) is 0 Å². The first-order valence-corrected chi connectivity index (χ1v) is 8.75. The third kappa shape index (κ3) is 5.64. The van der Waals surface area contributed by atoms with Crippen LogP contribution in [0.15, 0.2) is 42.5 Å². The van der Waals surface area contributed by atoms with Gasteiger partial charge >= 0.3 is 0 Å². The average molecular weight is 330 g/mol. The van der Waals surface area contributed by atoms with E-state index in [0.717, 1.165) is 55.6 Å². The molecule has 0 saturated carbocycles. The van der Waals surface area contributed by atoms with Gasteiger partial charge in [0.15, 0.2) is 0 Å². The molecule has 0 aliphatic carbocycles. The van der Waals surface area contributed by atoms with Crippen molar-refractivity contribution in [2.45, 2.75) is 39.0 Å². The van der Waals surface area contributed by atoms with E-state index in [1.165, 1.54) is 0 Å². The summed E-state index contributed by atoms with van der Waals surface area (Å²) in [6.45, 7) is 3.57. The van der Waals surface area contributed by atoms with Gasteiger partial charge in [0, 0.05) is 19.3 Å². The van der Waals surface area contributed by atoms with Crippen LogP contribution in [0.5, 0.6) is 5.75 Å². The number of halogens is 1. The van der Waals surface area contributed by atoms with Gasteiger partial charge in [-0.2, -0.15) is 0 Å². The second kappa shape index (κ2) is 10.1. The number of benzene rings is 2. The Kier molecular flexibility index (Phi) is 7.76. The molecule has 0 aliphatic heterocycles. The molecule has 0 unspecified atom stereocenters. The van der Waals surface area contributed by atoms with E-state index in [1.54, 1.807) is 13.2 Å². The largest absolute Gasteiger partial charge is 0.494 e. The lowest BCUT2D eigenvalue weighted by atomic mass is 10.0. The van der Waals surface area contributed by atoms with Crippen LogP contribution in [0.1, 0.15) is 38.2 Å². The first-order valence-electron chi connectivity index (χ1n) is 8.75. The zero-order valence-electron chi connectivity index (χ0n) is 14.7. The molecule has 2 rings (SSSR count). The number of rotatable bonds is 10. The van der Waals surface area contributed by atoms with Crippen molar-refractivity contribution in [1.82, 2.24) is 0 Å². The summed E-state index contributed by atoms with van der Waals surface area (Å²) in [4.78, 5) is 0. The summed E-state index contributed by atoms with van der Waals surface area (Å²) in [6.07, 6.45) is 5.10. The van der Waals surface area contributed by atoms with Gasteiger partial charge in [0.1, 0.15) is 11.6 Å². The minimum absolute atomic E-state index is 0.156. The SMILES string of the molecule is CCCCc1ccc(-c2ccc(OCCCCOC)cc2)c(F)c1. The second-order valence-electron chi connectivity index (χ2n) is 5.99. The minimum Gasteiger partial charge on any atom is -0.494 e. The van der Waals surface area contributed by atoms with Crippen LogP contribution in [0.2, 0.25) is 0 Å². The van der Waals surface area contributed by atoms with Crippen LogP contribution in [0, 0.1) is 5.82 Å². The highest BCUT2D eigenvalue weighted by atomic mass is 19.1. The van der Waals surface area contributed by atoms with Crippen molar-refractivity contribution >= 4 is 0 Å². The van der Waals surface area contributed by atoms with Crippen molar-refractivity contribution in [3.63, 3.8) is 0 Å². The van der Waals surface area contributed by atoms with Gasteiger partial charge in [-0.15, -0.1) is 0 Å². The van der Waals surface area contributed by atoms with Crippen molar-refractivity contribution in [1.29, 1.82) is 0 Å². The van der Waals surface area contributed by atoms with E-state index in [4.69, 9.17) is 9.47 Å². The fourth-order valence-corrected chi connectivity index (χ4v) is 2.60. The second-order valence-corrected chi connectivity index (χ2v) is 5.99. The molecule has 0 radical (unpaired) electrons. The molecule has 0 aliphatic rings. The van der Waals surface area contributed by atoms with Crippen LogP contribution >= 0.6 is 0 Å². The Morgan fingerprint density at radius 3 is 2.33 bits per heavy atom. The maximum atomic E-state index is 14.3. The highest BCUT2D eigenvalue weighted by molar-refractivity contribution is 5.65. The molecule has 3 heteroatoms. The maximum absolute atomic E-state index is 14.3. The lowest BCUT2D eigenvalue weighted by Crippen LogP contribution is -1.99. The molecule has 2 aromatic rings. The minimum atomic E-state index is -0.156. The molecule has 0 fully saturated rings. The van der Waals surface area contributed by atoms with Gasteiger partial charge in [-0.1, -0.05) is 37.6 Å². The summed E-state index contributed by atoms with van der Waals surface area (Å²) in [5.41, 5.74) is 2.58. The zero-order chi connectivity index (χ0) is 17.2. The summed E-state index contributed by atoms with van der Waals surface area (Å²) in [7, 11) is 1.70. The Hall–Kier alpha value is -1.87. The summed E-state index contributed by atoms with van der Waals surface area (Å²) in [6, 6.07) is 13.2. The molecule has 0 spiro atoms. The van der Waals surface area contributed by atoms with Gasteiger partial charge < -0.3 is 9.47 Å². The standard InChI is InChI=1S/C21H27FO2/c1-3-4-7-17-8-13-20(21(22)16-17)18-9-11-19(12-10-18)24-15-6-5-14-23-2/h8-13,16H,3-7,14-15H2,1-2H3. The molecule has 0 aromatic heterocycles. The van der Waals surface area contributed by atoms with E-state index in [9.17, 15) is 4.39 Å². The Balaban J connectivity index is 1.95. The molecule has 0 amide bonds. The van der Waals surface area contributed by atoms with E-state index in [2.05, 4.69) is 6.92 Å². The van der Waals surface area contributed by atoms with E-state index < -0.39 is 0 Å². The molecular formula is C21H27FO2. The predicted molar refractivity (Wildman–Crippen MR) is 97.1 cm³/mol. The van der Waals surface area contributed by atoms with Gasteiger partial charge in [-0.3, -0.25) is 0 Å². The highest BCUT2D eigenvalue weighted by Crippen LogP contribution is 2.26. The van der Waals surface area contributed by atoms with E-state index in [0.29, 0.717) is 12.2 Å². The molecule has 2 nitrogen and oxygen atoms in total. The maximum Gasteiger partial charge on any atom is 0.131 e. The first kappa shape index (κ1) is 18.5.